The molecule has 1 aromatic carbocycles. The average molecular weight is 333 g/mol. The zero-order valence-corrected chi connectivity index (χ0v) is 13.1. The number of H-pyrrole nitrogens is 1. The van der Waals surface area contributed by atoms with Gasteiger partial charge in [-0.25, -0.2) is 9.97 Å². The van der Waals surface area contributed by atoms with Gasteiger partial charge < -0.3 is 10.3 Å². The number of hydrogen-bond acceptors (Lipinski definition) is 4. The molecule has 0 unspecified atom stereocenters. The molecule has 0 bridgehead atoms. The summed E-state index contributed by atoms with van der Waals surface area (Å²) in [5.41, 5.74) is 2.43. The highest BCUT2D eigenvalue weighted by molar-refractivity contribution is 7.99. The van der Waals surface area contributed by atoms with Gasteiger partial charge in [0.15, 0.2) is 10.8 Å². The first kappa shape index (κ1) is 14.9. The van der Waals surface area contributed by atoms with Gasteiger partial charge in [-0.1, -0.05) is 53.7 Å². The van der Waals surface area contributed by atoms with E-state index < -0.39 is 0 Å². The summed E-state index contributed by atoms with van der Waals surface area (Å²) in [6.45, 7) is 0.525. The summed E-state index contributed by atoms with van der Waals surface area (Å²) in [6, 6.07) is 11.6. The van der Waals surface area contributed by atoms with Crippen molar-refractivity contribution in [2.45, 2.75) is 11.7 Å². The fraction of sp³-hybridized carbons (Fsp3) is 0.133. The number of fused-ring (bicyclic) bond motifs is 1. The van der Waals surface area contributed by atoms with Crippen LogP contribution in [0.1, 0.15) is 5.56 Å². The van der Waals surface area contributed by atoms with Crippen LogP contribution in [0, 0.1) is 0 Å². The molecule has 1 amide bonds. The molecule has 3 rings (SSSR count). The first-order valence-corrected chi connectivity index (χ1v) is 8.02. The standard InChI is InChI=1S/C15H13ClN4OS/c16-11-6-12-14(18-8-11)20-15(19-12)22-9-13(21)17-7-10-4-2-1-3-5-10/h1-6,8H,7,9H2,(H,17,21)(H,18,19,20). The van der Waals surface area contributed by atoms with Crippen LogP contribution >= 0.6 is 23.4 Å². The van der Waals surface area contributed by atoms with Crippen molar-refractivity contribution in [2.24, 2.45) is 0 Å². The number of amides is 1. The molecule has 0 spiro atoms. The molecular formula is C15H13ClN4OS. The van der Waals surface area contributed by atoms with Crippen molar-refractivity contribution < 1.29 is 4.79 Å². The van der Waals surface area contributed by atoms with Gasteiger partial charge in [0, 0.05) is 12.7 Å². The van der Waals surface area contributed by atoms with Crippen LogP contribution in [0.5, 0.6) is 0 Å². The highest BCUT2D eigenvalue weighted by Crippen LogP contribution is 2.20. The van der Waals surface area contributed by atoms with Gasteiger partial charge in [0.2, 0.25) is 5.91 Å². The third-order valence-electron chi connectivity index (χ3n) is 2.95. The number of pyridine rings is 1. The number of aromatic amines is 1. The Morgan fingerprint density at radius 3 is 2.95 bits per heavy atom. The van der Waals surface area contributed by atoms with E-state index in [2.05, 4.69) is 20.3 Å². The number of halogens is 1. The monoisotopic (exact) mass is 332 g/mol. The summed E-state index contributed by atoms with van der Waals surface area (Å²) in [5, 5.41) is 4.08. The maximum Gasteiger partial charge on any atom is 0.230 e. The van der Waals surface area contributed by atoms with Gasteiger partial charge >= 0.3 is 0 Å². The number of thioether (sulfide) groups is 1. The van der Waals surface area contributed by atoms with Gasteiger partial charge in [0.05, 0.1) is 16.3 Å². The third kappa shape index (κ3) is 3.78. The molecule has 0 atom stereocenters. The van der Waals surface area contributed by atoms with Crippen molar-refractivity contribution in [1.29, 1.82) is 0 Å². The third-order valence-corrected chi connectivity index (χ3v) is 4.03. The van der Waals surface area contributed by atoms with Gasteiger partial charge in [-0.15, -0.1) is 0 Å². The Balaban J connectivity index is 1.53. The van der Waals surface area contributed by atoms with Crippen LogP contribution in [0.3, 0.4) is 0 Å². The van der Waals surface area contributed by atoms with E-state index in [0.29, 0.717) is 28.1 Å². The number of carbonyl (C=O) groups excluding carboxylic acids is 1. The van der Waals surface area contributed by atoms with Crippen molar-refractivity contribution in [3.8, 4) is 0 Å². The fourth-order valence-electron chi connectivity index (χ4n) is 1.90. The molecule has 0 aliphatic carbocycles. The minimum atomic E-state index is -0.0414. The highest BCUT2D eigenvalue weighted by Gasteiger charge is 2.08. The summed E-state index contributed by atoms with van der Waals surface area (Å²) >= 11 is 7.21. The molecule has 0 aliphatic rings. The molecule has 0 saturated carbocycles. The second-order valence-corrected chi connectivity index (χ2v) is 6.02. The number of nitrogens with one attached hydrogen (secondary N) is 2. The predicted molar refractivity (Wildman–Crippen MR) is 87.9 cm³/mol. The lowest BCUT2D eigenvalue weighted by atomic mass is 10.2. The largest absolute Gasteiger partial charge is 0.351 e. The van der Waals surface area contributed by atoms with Crippen molar-refractivity contribution in [1.82, 2.24) is 20.3 Å². The fourth-order valence-corrected chi connectivity index (χ4v) is 2.76. The summed E-state index contributed by atoms with van der Waals surface area (Å²) in [4.78, 5) is 23.4. The lowest BCUT2D eigenvalue weighted by Crippen LogP contribution is -2.24. The number of benzene rings is 1. The van der Waals surface area contributed by atoms with Crippen LogP contribution in [0.4, 0.5) is 0 Å². The van der Waals surface area contributed by atoms with E-state index in [9.17, 15) is 4.79 Å². The maximum atomic E-state index is 11.8. The Hall–Kier alpha value is -2.05. The second kappa shape index (κ2) is 6.81. The van der Waals surface area contributed by atoms with E-state index in [1.54, 1.807) is 12.3 Å². The van der Waals surface area contributed by atoms with Gasteiger partial charge in [-0.2, -0.15) is 0 Å². The topological polar surface area (TPSA) is 70.7 Å². The molecule has 0 radical (unpaired) electrons. The number of rotatable bonds is 5. The molecule has 0 saturated heterocycles. The molecular weight excluding hydrogens is 320 g/mol. The maximum absolute atomic E-state index is 11.8. The molecule has 5 nitrogen and oxygen atoms in total. The predicted octanol–water partition coefficient (Wildman–Crippen LogP) is 3.02. The molecule has 2 N–H and O–H groups in total. The van der Waals surface area contributed by atoms with Gasteiger partial charge in [-0.05, 0) is 11.6 Å². The Labute approximate surface area is 136 Å². The van der Waals surface area contributed by atoms with E-state index in [1.807, 2.05) is 30.3 Å². The molecule has 0 fully saturated rings. The summed E-state index contributed by atoms with van der Waals surface area (Å²) in [6.07, 6.45) is 1.55. The average Bonchev–Trinajstić information content (AvgIpc) is 2.94. The minimum absolute atomic E-state index is 0.0414. The summed E-state index contributed by atoms with van der Waals surface area (Å²) < 4.78 is 0. The Morgan fingerprint density at radius 1 is 1.32 bits per heavy atom. The lowest BCUT2D eigenvalue weighted by Gasteiger charge is -2.04. The number of imidazole rings is 1. The van der Waals surface area contributed by atoms with Crippen molar-refractivity contribution in [2.75, 3.05) is 5.75 Å². The minimum Gasteiger partial charge on any atom is -0.351 e. The lowest BCUT2D eigenvalue weighted by molar-refractivity contribution is -0.118. The first-order valence-electron chi connectivity index (χ1n) is 6.65. The van der Waals surface area contributed by atoms with E-state index in [1.165, 1.54) is 11.8 Å². The molecule has 2 aromatic heterocycles. The Morgan fingerprint density at radius 2 is 2.14 bits per heavy atom. The second-order valence-electron chi connectivity index (χ2n) is 4.62. The van der Waals surface area contributed by atoms with Crippen LogP contribution in [-0.4, -0.2) is 26.6 Å². The molecule has 0 aliphatic heterocycles. The van der Waals surface area contributed by atoms with E-state index in [0.717, 1.165) is 11.1 Å². The number of aromatic nitrogens is 3. The van der Waals surface area contributed by atoms with Gasteiger partial charge in [0.25, 0.3) is 0 Å². The van der Waals surface area contributed by atoms with E-state index >= 15 is 0 Å². The zero-order chi connectivity index (χ0) is 15.4. The van der Waals surface area contributed by atoms with Crippen molar-refractivity contribution in [3.05, 3.63) is 53.2 Å². The molecule has 22 heavy (non-hydrogen) atoms. The van der Waals surface area contributed by atoms with Gasteiger partial charge in [-0.3, -0.25) is 4.79 Å². The van der Waals surface area contributed by atoms with Crippen LogP contribution in [0.15, 0.2) is 47.8 Å². The van der Waals surface area contributed by atoms with Crippen molar-refractivity contribution >= 4 is 40.4 Å². The van der Waals surface area contributed by atoms with Crippen LogP contribution in [0.2, 0.25) is 5.02 Å². The summed E-state index contributed by atoms with van der Waals surface area (Å²) in [7, 11) is 0. The smallest absolute Gasteiger partial charge is 0.230 e. The van der Waals surface area contributed by atoms with Crippen LogP contribution < -0.4 is 5.32 Å². The first-order chi connectivity index (χ1) is 10.7. The SMILES string of the molecule is O=C(CSc1nc2ncc(Cl)cc2[nH]1)NCc1ccccc1. The Kier molecular flexibility index (Phi) is 4.60. The molecule has 7 heteroatoms. The number of carbonyl (C=O) groups is 1. The zero-order valence-electron chi connectivity index (χ0n) is 11.5. The molecule has 112 valence electrons. The number of nitrogens with zero attached hydrogens (tertiary/aromatic N) is 2. The summed E-state index contributed by atoms with van der Waals surface area (Å²) in [5.74, 6) is 0.251. The Bertz CT molecular complexity index is 791. The van der Waals surface area contributed by atoms with Crippen LogP contribution in [-0.2, 0) is 11.3 Å². The van der Waals surface area contributed by atoms with E-state index in [4.69, 9.17) is 11.6 Å². The molecule has 2 heterocycles. The quantitative estimate of drug-likeness (QED) is 0.705. The normalized spacial score (nSPS) is 10.8. The van der Waals surface area contributed by atoms with Crippen LogP contribution in [0.25, 0.3) is 11.2 Å². The highest BCUT2D eigenvalue weighted by atomic mass is 35.5. The molecule has 3 aromatic rings. The number of hydrogen-bond donors (Lipinski definition) is 2. The van der Waals surface area contributed by atoms with E-state index in [-0.39, 0.29) is 5.91 Å². The van der Waals surface area contributed by atoms with Crippen molar-refractivity contribution in [3.63, 3.8) is 0 Å². The van der Waals surface area contributed by atoms with Gasteiger partial charge in [0.1, 0.15) is 0 Å².